The first kappa shape index (κ1) is 22.3. The van der Waals surface area contributed by atoms with E-state index >= 15 is 0 Å². The van der Waals surface area contributed by atoms with Crippen LogP contribution in [0.4, 0.5) is 0 Å². The molecule has 0 saturated carbocycles. The number of nitrogens with one attached hydrogen (secondary N) is 1. The average Bonchev–Trinajstić information content (AvgIpc) is 3.21. The molecule has 1 unspecified atom stereocenters. The van der Waals surface area contributed by atoms with Gasteiger partial charge in [0.05, 0.1) is 0 Å². The van der Waals surface area contributed by atoms with Crippen LogP contribution in [-0.4, -0.2) is 71.8 Å². The van der Waals surface area contributed by atoms with Gasteiger partial charge >= 0.3 is 5.97 Å². The number of oxime groups is 1. The summed E-state index contributed by atoms with van der Waals surface area (Å²) in [6.07, 6.45) is 0. The fourth-order valence-electron chi connectivity index (χ4n) is 3.32. The van der Waals surface area contributed by atoms with Crippen molar-refractivity contribution in [3.63, 3.8) is 0 Å². The number of rotatable bonds is 7. The third-order valence-corrected chi connectivity index (χ3v) is 8.17. The van der Waals surface area contributed by atoms with Crippen molar-refractivity contribution in [2.75, 3.05) is 11.5 Å². The van der Waals surface area contributed by atoms with Crippen LogP contribution in [-0.2, 0) is 14.4 Å². The van der Waals surface area contributed by atoms with E-state index < -0.39 is 29.2 Å². The Morgan fingerprint density at radius 2 is 2.06 bits per heavy atom. The predicted octanol–water partition coefficient (Wildman–Crippen LogP) is 1.56. The molecule has 0 radical (unpaired) electrons. The molecule has 1 aromatic heterocycles. The summed E-state index contributed by atoms with van der Waals surface area (Å²) in [6, 6.07) is 7.43. The Kier molecular flexibility index (Phi) is 6.48. The van der Waals surface area contributed by atoms with Crippen LogP contribution in [0.25, 0.3) is 0 Å². The molecule has 3 heterocycles. The van der Waals surface area contributed by atoms with Crippen LogP contribution in [0.2, 0.25) is 0 Å². The van der Waals surface area contributed by atoms with E-state index in [2.05, 4.69) is 20.7 Å². The van der Waals surface area contributed by atoms with Crippen LogP contribution < -0.4 is 5.32 Å². The lowest BCUT2D eigenvalue weighted by Crippen LogP contribution is -2.71. The number of carboxylic acid groups (broad SMARTS) is 1. The summed E-state index contributed by atoms with van der Waals surface area (Å²) in [5.74, 6) is -1.67. The molecule has 2 atom stereocenters. The van der Waals surface area contributed by atoms with E-state index in [1.54, 1.807) is 30.3 Å². The second-order valence-corrected chi connectivity index (χ2v) is 10.3. The van der Waals surface area contributed by atoms with Gasteiger partial charge < -0.3 is 15.6 Å². The van der Waals surface area contributed by atoms with Crippen molar-refractivity contribution in [1.82, 2.24) is 20.4 Å². The van der Waals surface area contributed by atoms with Crippen molar-refractivity contribution in [2.24, 2.45) is 5.16 Å². The molecule has 1 saturated heterocycles. The highest BCUT2D eigenvalue weighted by Gasteiger charge is 2.54. The minimum Gasteiger partial charge on any atom is -0.477 e. The Labute approximate surface area is 194 Å². The number of hydrogen-bond acceptors (Lipinski definition) is 10. The van der Waals surface area contributed by atoms with E-state index in [1.807, 2.05) is 6.92 Å². The van der Waals surface area contributed by atoms with E-state index in [0.717, 1.165) is 9.35 Å². The molecule has 2 aliphatic rings. The molecule has 2 aliphatic heterocycles. The summed E-state index contributed by atoms with van der Waals surface area (Å²) in [7, 11) is 0. The number of thioether (sulfide) groups is 2. The first-order valence-corrected chi connectivity index (χ1v) is 12.2. The Balaban J connectivity index is 1.48. The minimum atomic E-state index is -1.20. The second kappa shape index (κ2) is 9.30. The number of aromatic nitrogens is 2. The number of aliphatic carboxylic acids is 1. The van der Waals surface area contributed by atoms with Gasteiger partial charge in [0.25, 0.3) is 11.8 Å². The van der Waals surface area contributed by atoms with Crippen molar-refractivity contribution in [3.05, 3.63) is 52.2 Å². The van der Waals surface area contributed by atoms with Gasteiger partial charge in [-0.15, -0.1) is 22.0 Å². The van der Waals surface area contributed by atoms with Gasteiger partial charge in [0.15, 0.2) is 10.1 Å². The van der Waals surface area contributed by atoms with E-state index in [9.17, 15) is 24.7 Å². The SMILES string of the molecule is Cc1nnc(SCC2=C(C(=O)O)N3C(=O)C(NC(=O)/C(=N/O)c4ccccc4)[C@H]3SC2)s1. The molecule has 0 aliphatic carbocycles. The highest BCUT2D eigenvalue weighted by molar-refractivity contribution is 8.01. The number of hydrogen-bond donors (Lipinski definition) is 3. The van der Waals surface area contributed by atoms with E-state index in [4.69, 9.17) is 0 Å². The summed E-state index contributed by atoms with van der Waals surface area (Å²) >= 11 is 4.16. The minimum absolute atomic E-state index is 0.0582. The summed E-state index contributed by atoms with van der Waals surface area (Å²) in [5, 5.41) is 32.9. The number of carbonyl (C=O) groups excluding carboxylic acids is 2. The molecular weight excluding hydrogens is 474 g/mol. The zero-order valence-electron chi connectivity index (χ0n) is 16.6. The normalized spacial score (nSPS) is 20.6. The van der Waals surface area contributed by atoms with Crippen LogP contribution in [0.3, 0.4) is 0 Å². The van der Waals surface area contributed by atoms with Crippen molar-refractivity contribution in [2.45, 2.75) is 22.7 Å². The van der Waals surface area contributed by atoms with Gasteiger partial charge in [-0.3, -0.25) is 14.5 Å². The molecule has 10 nitrogen and oxygen atoms in total. The number of nitrogens with zero attached hydrogens (tertiary/aromatic N) is 4. The zero-order chi connectivity index (χ0) is 22.8. The van der Waals surface area contributed by atoms with Crippen LogP contribution in [0.1, 0.15) is 10.6 Å². The fourth-order valence-corrected chi connectivity index (χ4v) is 6.62. The molecular formula is C19H17N5O5S3. The quantitative estimate of drug-likeness (QED) is 0.173. The summed E-state index contributed by atoms with van der Waals surface area (Å²) in [4.78, 5) is 38.6. The Morgan fingerprint density at radius 1 is 1.31 bits per heavy atom. The highest BCUT2D eigenvalue weighted by Crippen LogP contribution is 2.41. The molecule has 166 valence electrons. The summed E-state index contributed by atoms with van der Waals surface area (Å²) in [5.41, 5.74) is 0.717. The maximum absolute atomic E-state index is 12.8. The van der Waals surface area contributed by atoms with E-state index in [1.165, 1.54) is 39.8 Å². The monoisotopic (exact) mass is 491 g/mol. The van der Waals surface area contributed by atoms with Crippen molar-refractivity contribution in [1.29, 1.82) is 0 Å². The van der Waals surface area contributed by atoms with Gasteiger partial charge in [-0.1, -0.05) is 58.6 Å². The highest BCUT2D eigenvalue weighted by atomic mass is 32.2. The molecule has 4 rings (SSSR count). The fraction of sp³-hybridized carbons (Fsp3) is 0.263. The van der Waals surface area contributed by atoms with Crippen LogP contribution in [0, 0.1) is 6.92 Å². The smallest absolute Gasteiger partial charge is 0.352 e. The summed E-state index contributed by atoms with van der Waals surface area (Å²) < 4.78 is 0.726. The zero-order valence-corrected chi connectivity index (χ0v) is 19.0. The van der Waals surface area contributed by atoms with Gasteiger partial charge in [0.1, 0.15) is 22.1 Å². The number of amides is 2. The molecule has 1 fully saturated rings. The third-order valence-electron chi connectivity index (χ3n) is 4.78. The first-order valence-electron chi connectivity index (χ1n) is 9.32. The molecule has 2 aromatic rings. The van der Waals surface area contributed by atoms with Gasteiger partial charge in [0, 0.05) is 17.1 Å². The largest absolute Gasteiger partial charge is 0.477 e. The molecule has 0 spiro atoms. The number of β-lactam (4-membered cyclic amide) rings is 1. The number of benzene rings is 1. The Bertz CT molecular complexity index is 1130. The van der Waals surface area contributed by atoms with Crippen molar-refractivity contribution >= 4 is 58.4 Å². The van der Waals surface area contributed by atoms with Gasteiger partial charge in [-0.2, -0.15) is 0 Å². The first-order chi connectivity index (χ1) is 15.4. The number of fused-ring (bicyclic) bond motifs is 1. The standard InChI is InChI=1S/C19H17N5O5S3/c1-9-21-22-19(32-9)31-8-11-7-30-17-13(16(26)24(17)14(11)18(27)28)20-15(25)12(23-29)10-5-3-2-4-6-10/h2-6,13,17,29H,7-8H2,1H3,(H,20,25)(H,27,28)/b23-12+/t13?,17-/m1/s1. The molecule has 3 N–H and O–H groups in total. The van der Waals surface area contributed by atoms with Crippen LogP contribution in [0.15, 0.2) is 51.1 Å². The lowest BCUT2D eigenvalue weighted by Gasteiger charge is -2.49. The van der Waals surface area contributed by atoms with E-state index in [-0.39, 0.29) is 11.4 Å². The third kappa shape index (κ3) is 4.23. The Hall–Kier alpha value is -2.90. The average molecular weight is 492 g/mol. The molecule has 32 heavy (non-hydrogen) atoms. The topological polar surface area (TPSA) is 145 Å². The molecule has 2 amide bonds. The van der Waals surface area contributed by atoms with Crippen molar-refractivity contribution in [3.8, 4) is 0 Å². The number of carboxylic acids is 1. The maximum atomic E-state index is 12.8. The van der Waals surface area contributed by atoms with Gasteiger partial charge in [-0.25, -0.2) is 4.79 Å². The second-order valence-electron chi connectivity index (χ2n) is 6.81. The lowest BCUT2D eigenvalue weighted by atomic mass is 10.0. The predicted molar refractivity (Wildman–Crippen MR) is 120 cm³/mol. The van der Waals surface area contributed by atoms with Gasteiger partial charge in [0.2, 0.25) is 0 Å². The number of aryl methyl sites for hydroxylation is 1. The van der Waals surface area contributed by atoms with E-state index in [0.29, 0.717) is 22.6 Å². The van der Waals surface area contributed by atoms with Crippen molar-refractivity contribution < 1.29 is 24.7 Å². The Morgan fingerprint density at radius 3 is 2.69 bits per heavy atom. The summed E-state index contributed by atoms with van der Waals surface area (Å²) in [6.45, 7) is 1.84. The van der Waals surface area contributed by atoms with Crippen LogP contribution in [0.5, 0.6) is 0 Å². The maximum Gasteiger partial charge on any atom is 0.352 e. The number of carbonyl (C=O) groups is 3. The molecule has 0 bridgehead atoms. The molecule has 1 aromatic carbocycles. The van der Waals surface area contributed by atoms with Gasteiger partial charge in [-0.05, 0) is 12.5 Å². The molecule has 13 heteroatoms. The van der Waals surface area contributed by atoms with Crippen LogP contribution >= 0.6 is 34.9 Å². The lowest BCUT2D eigenvalue weighted by molar-refractivity contribution is -0.150.